The molecule has 0 aromatic heterocycles. The van der Waals surface area contributed by atoms with Crippen molar-refractivity contribution in [1.82, 2.24) is 10.6 Å². The smallest absolute Gasteiger partial charge is 0.191 e. The highest BCUT2D eigenvalue weighted by atomic mass is 32.2. The van der Waals surface area contributed by atoms with Gasteiger partial charge in [-0.1, -0.05) is 6.07 Å². The topological polar surface area (TPSA) is 70.6 Å². The molecule has 5 nitrogen and oxygen atoms in total. The maximum Gasteiger partial charge on any atom is 0.191 e. The van der Waals surface area contributed by atoms with E-state index in [4.69, 9.17) is 0 Å². The maximum atomic E-state index is 13.4. The number of sulfone groups is 1. The van der Waals surface area contributed by atoms with Gasteiger partial charge >= 0.3 is 0 Å². The van der Waals surface area contributed by atoms with Crippen LogP contribution in [0.15, 0.2) is 23.2 Å². The molecule has 1 aliphatic rings. The van der Waals surface area contributed by atoms with Gasteiger partial charge in [-0.25, -0.2) is 12.8 Å². The summed E-state index contributed by atoms with van der Waals surface area (Å²) in [7, 11) is -1.18. The van der Waals surface area contributed by atoms with Gasteiger partial charge in [-0.3, -0.25) is 4.99 Å². The molecule has 2 rings (SSSR count). The van der Waals surface area contributed by atoms with Gasteiger partial charge in [-0.15, -0.1) is 0 Å². The van der Waals surface area contributed by atoms with E-state index in [1.807, 2.05) is 6.26 Å². The average molecular weight is 374 g/mol. The van der Waals surface area contributed by atoms with Crippen LogP contribution >= 0.6 is 11.8 Å². The second-order valence-electron chi connectivity index (χ2n) is 5.92. The standard InChI is InChI=1S/C16H24FN3O2S2/c1-18-16(19-8-12-5-6-24(21,22)11-12)20-9-13-3-4-15(17)7-14(13)10-23-2/h3-4,7,12H,5-6,8-11H2,1-2H3,(H2,18,19,20). The Bertz CT molecular complexity index is 693. The van der Waals surface area contributed by atoms with Gasteiger partial charge in [0.05, 0.1) is 11.5 Å². The molecule has 0 saturated carbocycles. The summed E-state index contributed by atoms with van der Waals surface area (Å²) in [5.74, 6) is 1.80. The molecule has 8 heteroatoms. The highest BCUT2D eigenvalue weighted by Crippen LogP contribution is 2.18. The fourth-order valence-corrected chi connectivity index (χ4v) is 5.17. The molecule has 1 heterocycles. The third-order valence-corrected chi connectivity index (χ3v) is 6.46. The summed E-state index contributed by atoms with van der Waals surface area (Å²) in [5.41, 5.74) is 1.99. The molecule has 134 valence electrons. The van der Waals surface area contributed by atoms with Gasteiger partial charge in [0.1, 0.15) is 5.82 Å². The van der Waals surface area contributed by atoms with Crippen molar-refractivity contribution in [2.75, 3.05) is 31.4 Å². The predicted molar refractivity (Wildman–Crippen MR) is 98.6 cm³/mol. The molecule has 1 fully saturated rings. The van der Waals surface area contributed by atoms with Gasteiger partial charge in [0, 0.05) is 25.9 Å². The second-order valence-corrected chi connectivity index (χ2v) is 9.02. The van der Waals surface area contributed by atoms with Crippen molar-refractivity contribution in [2.45, 2.75) is 18.7 Å². The summed E-state index contributed by atoms with van der Waals surface area (Å²) >= 11 is 1.65. The first-order chi connectivity index (χ1) is 11.4. The lowest BCUT2D eigenvalue weighted by Gasteiger charge is -2.16. The van der Waals surface area contributed by atoms with Crippen LogP contribution in [0.3, 0.4) is 0 Å². The highest BCUT2D eigenvalue weighted by molar-refractivity contribution is 7.97. The van der Waals surface area contributed by atoms with Crippen molar-refractivity contribution < 1.29 is 12.8 Å². The minimum atomic E-state index is -2.86. The van der Waals surface area contributed by atoms with Crippen molar-refractivity contribution in [3.63, 3.8) is 0 Å². The number of benzene rings is 1. The van der Waals surface area contributed by atoms with Crippen LogP contribution in [0.25, 0.3) is 0 Å². The number of hydrogen-bond acceptors (Lipinski definition) is 4. The van der Waals surface area contributed by atoms with Gasteiger partial charge < -0.3 is 10.6 Å². The Balaban J connectivity index is 1.88. The molecular weight excluding hydrogens is 349 g/mol. The van der Waals surface area contributed by atoms with Gasteiger partial charge in [-0.2, -0.15) is 11.8 Å². The number of nitrogens with one attached hydrogen (secondary N) is 2. The molecule has 2 N–H and O–H groups in total. The number of thioether (sulfide) groups is 1. The molecule has 1 aromatic rings. The lowest BCUT2D eigenvalue weighted by Crippen LogP contribution is -2.39. The van der Waals surface area contributed by atoms with E-state index in [0.717, 1.165) is 16.9 Å². The van der Waals surface area contributed by atoms with Crippen LogP contribution in [0.2, 0.25) is 0 Å². The summed E-state index contributed by atoms with van der Waals surface area (Å²) in [6.07, 6.45) is 2.68. The van der Waals surface area contributed by atoms with Crippen molar-refractivity contribution in [2.24, 2.45) is 10.9 Å². The zero-order valence-electron chi connectivity index (χ0n) is 14.0. The molecule has 1 aromatic carbocycles. The van der Waals surface area contributed by atoms with E-state index < -0.39 is 9.84 Å². The first kappa shape index (κ1) is 19.1. The van der Waals surface area contributed by atoms with Gasteiger partial charge in [0.15, 0.2) is 15.8 Å². The Labute approximate surface area is 147 Å². The average Bonchev–Trinajstić information content (AvgIpc) is 2.88. The van der Waals surface area contributed by atoms with Crippen molar-refractivity contribution >= 4 is 27.6 Å². The zero-order chi connectivity index (χ0) is 17.6. The third-order valence-electron chi connectivity index (χ3n) is 4.02. The van der Waals surface area contributed by atoms with E-state index in [2.05, 4.69) is 15.6 Å². The number of nitrogens with zero attached hydrogens (tertiary/aromatic N) is 1. The predicted octanol–water partition coefficient (Wildman–Crippen LogP) is 1.79. The molecule has 0 bridgehead atoms. The summed E-state index contributed by atoms with van der Waals surface area (Å²) in [5, 5.41) is 6.38. The van der Waals surface area contributed by atoms with Gasteiger partial charge in [0.25, 0.3) is 0 Å². The normalized spacial score (nSPS) is 20.1. The number of guanidine groups is 1. The molecule has 0 spiro atoms. The van der Waals surface area contributed by atoms with E-state index in [0.29, 0.717) is 25.5 Å². The van der Waals surface area contributed by atoms with Crippen molar-refractivity contribution in [1.29, 1.82) is 0 Å². The largest absolute Gasteiger partial charge is 0.356 e. The maximum absolute atomic E-state index is 13.4. The lowest BCUT2D eigenvalue weighted by atomic mass is 10.1. The number of aliphatic imine (C=N–C) groups is 1. The van der Waals surface area contributed by atoms with Crippen LogP contribution in [0, 0.1) is 11.7 Å². The van der Waals surface area contributed by atoms with Crippen molar-refractivity contribution in [3.05, 3.63) is 35.1 Å². The Kier molecular flexibility index (Phi) is 6.91. The Hall–Kier alpha value is -1.28. The first-order valence-corrected chi connectivity index (χ1v) is 11.1. The molecule has 0 aliphatic carbocycles. The van der Waals surface area contributed by atoms with Crippen LogP contribution in [-0.4, -0.2) is 45.7 Å². The van der Waals surface area contributed by atoms with Crippen LogP contribution in [0.5, 0.6) is 0 Å². The van der Waals surface area contributed by atoms with E-state index in [1.165, 1.54) is 6.07 Å². The molecule has 1 saturated heterocycles. The Morgan fingerprint density at radius 1 is 1.38 bits per heavy atom. The second kappa shape index (κ2) is 8.71. The molecule has 24 heavy (non-hydrogen) atoms. The van der Waals surface area contributed by atoms with Crippen LogP contribution in [0.4, 0.5) is 4.39 Å². The number of hydrogen-bond donors (Lipinski definition) is 2. The monoisotopic (exact) mass is 373 g/mol. The SMILES string of the molecule is CN=C(NCc1ccc(F)cc1CSC)NCC1CCS(=O)(=O)C1. The molecule has 1 unspecified atom stereocenters. The van der Waals surface area contributed by atoms with E-state index >= 15 is 0 Å². The molecule has 0 amide bonds. The zero-order valence-corrected chi connectivity index (χ0v) is 15.6. The molecule has 1 atom stereocenters. The molecule has 0 radical (unpaired) electrons. The minimum Gasteiger partial charge on any atom is -0.356 e. The summed E-state index contributed by atoms with van der Waals surface area (Å²) in [6, 6.07) is 4.80. The van der Waals surface area contributed by atoms with E-state index in [-0.39, 0.29) is 23.2 Å². The summed E-state index contributed by atoms with van der Waals surface area (Å²) in [6.45, 7) is 1.12. The number of halogens is 1. The third kappa shape index (κ3) is 5.66. The van der Waals surface area contributed by atoms with Crippen molar-refractivity contribution in [3.8, 4) is 0 Å². The minimum absolute atomic E-state index is 0.131. The van der Waals surface area contributed by atoms with Gasteiger partial charge in [0.2, 0.25) is 0 Å². The summed E-state index contributed by atoms with van der Waals surface area (Å²) < 4.78 is 36.3. The van der Waals surface area contributed by atoms with E-state index in [9.17, 15) is 12.8 Å². The van der Waals surface area contributed by atoms with Crippen LogP contribution < -0.4 is 10.6 Å². The quantitative estimate of drug-likeness (QED) is 0.588. The van der Waals surface area contributed by atoms with Gasteiger partial charge in [-0.05, 0) is 41.9 Å². The Morgan fingerprint density at radius 3 is 2.79 bits per heavy atom. The highest BCUT2D eigenvalue weighted by Gasteiger charge is 2.27. The van der Waals surface area contributed by atoms with E-state index in [1.54, 1.807) is 30.9 Å². The molecule has 1 aliphatic heterocycles. The number of rotatable bonds is 6. The van der Waals surface area contributed by atoms with Crippen LogP contribution in [0.1, 0.15) is 17.5 Å². The Morgan fingerprint density at radius 2 is 2.17 bits per heavy atom. The molecular formula is C16H24FN3O2S2. The first-order valence-electron chi connectivity index (χ1n) is 7.84. The lowest BCUT2D eigenvalue weighted by molar-refractivity contribution is 0.567. The fourth-order valence-electron chi connectivity index (χ4n) is 2.73. The fraction of sp³-hybridized carbons (Fsp3) is 0.562. The summed E-state index contributed by atoms with van der Waals surface area (Å²) in [4.78, 5) is 4.16. The van der Waals surface area contributed by atoms with Crippen LogP contribution in [-0.2, 0) is 22.1 Å².